The number of anilines is 1. The van der Waals surface area contributed by atoms with Gasteiger partial charge >= 0.3 is 5.97 Å². The molecule has 0 spiro atoms. The molecule has 1 amide bonds. The van der Waals surface area contributed by atoms with Gasteiger partial charge in [-0.25, -0.2) is 0 Å². The van der Waals surface area contributed by atoms with E-state index in [9.17, 15) is 18.4 Å². The summed E-state index contributed by atoms with van der Waals surface area (Å²) in [7, 11) is 0. The molecule has 0 aromatic heterocycles. The third kappa shape index (κ3) is 6.86. The summed E-state index contributed by atoms with van der Waals surface area (Å²) in [6, 6.07) is 5.94. The van der Waals surface area contributed by atoms with Crippen molar-refractivity contribution in [2.45, 2.75) is 30.5 Å². The van der Waals surface area contributed by atoms with E-state index in [4.69, 9.17) is 5.11 Å². The Morgan fingerprint density at radius 1 is 1.23 bits per heavy atom. The molecule has 1 rings (SSSR count). The summed E-state index contributed by atoms with van der Waals surface area (Å²) in [5.41, 5.74) is 0.475. The van der Waals surface area contributed by atoms with Gasteiger partial charge < -0.3 is 10.4 Å². The van der Waals surface area contributed by atoms with Crippen molar-refractivity contribution in [2.24, 2.45) is 0 Å². The van der Waals surface area contributed by atoms with Crippen molar-refractivity contribution in [3.05, 3.63) is 24.3 Å². The van der Waals surface area contributed by atoms with E-state index in [0.29, 0.717) is 22.3 Å². The van der Waals surface area contributed by atoms with E-state index in [1.54, 1.807) is 13.8 Å². The molecule has 0 radical (unpaired) electrons. The van der Waals surface area contributed by atoms with Crippen LogP contribution in [0, 0.1) is 0 Å². The molecule has 1 aromatic carbocycles. The van der Waals surface area contributed by atoms with Crippen molar-refractivity contribution >= 4 is 29.3 Å². The average molecular weight is 332 g/mol. The second-order valence-corrected chi connectivity index (χ2v) is 5.91. The van der Waals surface area contributed by atoms with Crippen LogP contribution < -0.4 is 5.32 Å². The number of alkyl halides is 2. The van der Waals surface area contributed by atoms with E-state index in [0.717, 1.165) is 0 Å². The lowest BCUT2D eigenvalue weighted by Gasteiger charge is -2.23. The fourth-order valence-corrected chi connectivity index (χ4v) is 2.20. The Morgan fingerprint density at radius 3 is 2.27 bits per heavy atom. The molecule has 0 aliphatic carbocycles. The molecule has 122 valence electrons. The van der Waals surface area contributed by atoms with Crippen LogP contribution in [0.3, 0.4) is 0 Å². The minimum Gasteiger partial charge on any atom is -0.480 e. The van der Waals surface area contributed by atoms with Crippen LogP contribution in [0.2, 0.25) is 0 Å². The van der Waals surface area contributed by atoms with Crippen LogP contribution in [0.1, 0.15) is 13.8 Å². The second kappa shape index (κ2) is 8.70. The molecule has 2 N–H and O–H groups in total. The standard InChI is InChI=1S/C14H18F2N2O3S/c1-9(2)18(8-13(20)21)7-12(19)17-10-3-5-11(6-4-10)22-14(15)16/h3-6,9,14H,7-8H2,1-2H3,(H,17,19)(H,20,21). The molecule has 1 aromatic rings. The van der Waals surface area contributed by atoms with Crippen molar-refractivity contribution in [1.82, 2.24) is 4.90 Å². The first-order chi connectivity index (χ1) is 10.3. The predicted molar refractivity (Wildman–Crippen MR) is 81.3 cm³/mol. The van der Waals surface area contributed by atoms with Gasteiger partial charge in [0, 0.05) is 16.6 Å². The Labute approximate surface area is 131 Å². The zero-order valence-corrected chi connectivity index (χ0v) is 13.1. The molecule has 0 atom stereocenters. The van der Waals surface area contributed by atoms with E-state index in [1.807, 2.05) is 0 Å². The van der Waals surface area contributed by atoms with Gasteiger partial charge in [-0.2, -0.15) is 8.78 Å². The molecular formula is C14H18F2N2O3S. The highest BCUT2D eigenvalue weighted by Crippen LogP contribution is 2.26. The van der Waals surface area contributed by atoms with Crippen LogP contribution in [0.25, 0.3) is 0 Å². The third-order valence-corrected chi connectivity index (χ3v) is 3.50. The first-order valence-electron chi connectivity index (χ1n) is 6.58. The molecule has 22 heavy (non-hydrogen) atoms. The maximum atomic E-state index is 12.2. The van der Waals surface area contributed by atoms with E-state index in [-0.39, 0.29) is 25.0 Å². The van der Waals surface area contributed by atoms with Crippen LogP contribution in [-0.4, -0.2) is 46.8 Å². The zero-order valence-electron chi connectivity index (χ0n) is 12.3. The number of nitrogens with zero attached hydrogens (tertiary/aromatic N) is 1. The lowest BCUT2D eigenvalue weighted by atomic mass is 10.3. The summed E-state index contributed by atoms with van der Waals surface area (Å²) >= 11 is 0.428. The molecule has 0 aliphatic heterocycles. The molecule has 0 saturated heterocycles. The Morgan fingerprint density at radius 2 is 1.82 bits per heavy atom. The van der Waals surface area contributed by atoms with E-state index in [2.05, 4.69) is 5.32 Å². The highest BCUT2D eigenvalue weighted by molar-refractivity contribution is 7.99. The van der Waals surface area contributed by atoms with Gasteiger partial charge in [-0.05, 0) is 38.1 Å². The second-order valence-electron chi connectivity index (χ2n) is 4.84. The predicted octanol–water partition coefficient (Wildman–Crippen LogP) is 2.73. The minimum absolute atomic E-state index is 0.0580. The normalized spacial score (nSPS) is 11.2. The number of nitrogens with one attached hydrogen (secondary N) is 1. The SMILES string of the molecule is CC(C)N(CC(=O)O)CC(=O)Nc1ccc(SC(F)F)cc1. The number of carboxylic acid groups (broad SMARTS) is 1. The highest BCUT2D eigenvalue weighted by atomic mass is 32.2. The number of carbonyl (C=O) groups is 2. The van der Waals surface area contributed by atoms with Gasteiger partial charge in [-0.1, -0.05) is 11.8 Å². The van der Waals surface area contributed by atoms with Crippen molar-refractivity contribution in [3.63, 3.8) is 0 Å². The first-order valence-corrected chi connectivity index (χ1v) is 7.46. The molecule has 5 nitrogen and oxygen atoms in total. The van der Waals surface area contributed by atoms with Gasteiger partial charge in [-0.15, -0.1) is 0 Å². The number of rotatable bonds is 8. The van der Waals surface area contributed by atoms with Crippen LogP contribution in [0.5, 0.6) is 0 Å². The Kier molecular flexibility index (Phi) is 7.26. The van der Waals surface area contributed by atoms with Crippen molar-refractivity contribution < 1.29 is 23.5 Å². The molecular weight excluding hydrogens is 314 g/mol. The van der Waals surface area contributed by atoms with Gasteiger partial charge in [0.25, 0.3) is 5.76 Å². The zero-order chi connectivity index (χ0) is 16.7. The quantitative estimate of drug-likeness (QED) is 0.717. The van der Waals surface area contributed by atoms with Crippen LogP contribution >= 0.6 is 11.8 Å². The number of benzene rings is 1. The number of thioether (sulfide) groups is 1. The van der Waals surface area contributed by atoms with Crippen molar-refractivity contribution in [1.29, 1.82) is 0 Å². The largest absolute Gasteiger partial charge is 0.480 e. The van der Waals surface area contributed by atoms with Gasteiger partial charge in [0.1, 0.15) is 0 Å². The topological polar surface area (TPSA) is 69.6 Å². The van der Waals surface area contributed by atoms with Crippen LogP contribution in [0.4, 0.5) is 14.5 Å². The highest BCUT2D eigenvalue weighted by Gasteiger charge is 2.17. The molecule has 0 fully saturated rings. The van der Waals surface area contributed by atoms with Gasteiger partial charge in [0.15, 0.2) is 0 Å². The lowest BCUT2D eigenvalue weighted by Crippen LogP contribution is -2.41. The van der Waals surface area contributed by atoms with Gasteiger partial charge in [0.05, 0.1) is 13.1 Å². The smallest absolute Gasteiger partial charge is 0.317 e. The van der Waals surface area contributed by atoms with E-state index in [1.165, 1.54) is 29.2 Å². The third-order valence-electron chi connectivity index (χ3n) is 2.78. The maximum Gasteiger partial charge on any atom is 0.317 e. The number of hydrogen-bond donors (Lipinski definition) is 2. The molecule has 0 bridgehead atoms. The Balaban J connectivity index is 2.58. The monoisotopic (exact) mass is 332 g/mol. The van der Waals surface area contributed by atoms with Crippen molar-refractivity contribution in [2.75, 3.05) is 18.4 Å². The Bertz CT molecular complexity index is 509. The fraction of sp³-hybridized carbons (Fsp3) is 0.429. The van der Waals surface area contributed by atoms with Crippen molar-refractivity contribution in [3.8, 4) is 0 Å². The maximum absolute atomic E-state index is 12.2. The van der Waals surface area contributed by atoms with Gasteiger partial charge in [-0.3, -0.25) is 14.5 Å². The molecule has 8 heteroatoms. The first kappa shape index (κ1) is 18.4. The summed E-state index contributed by atoms with van der Waals surface area (Å²) in [5.74, 6) is -3.85. The molecule has 0 aliphatic rings. The van der Waals surface area contributed by atoms with Crippen LogP contribution in [-0.2, 0) is 9.59 Å². The number of aliphatic carboxylic acids is 1. The molecule has 0 heterocycles. The molecule has 0 saturated carbocycles. The number of hydrogen-bond acceptors (Lipinski definition) is 4. The lowest BCUT2D eigenvalue weighted by molar-refractivity contribution is -0.139. The van der Waals surface area contributed by atoms with Gasteiger partial charge in [0.2, 0.25) is 5.91 Å². The summed E-state index contributed by atoms with van der Waals surface area (Å²) in [4.78, 5) is 24.6. The number of carbonyl (C=O) groups excluding carboxylic acids is 1. The average Bonchev–Trinajstić information content (AvgIpc) is 2.39. The fourth-order valence-electron chi connectivity index (χ4n) is 1.70. The summed E-state index contributed by atoms with van der Waals surface area (Å²) in [6.07, 6.45) is 0. The molecule has 0 unspecified atom stereocenters. The summed E-state index contributed by atoms with van der Waals surface area (Å²) in [6.45, 7) is 3.31. The number of amides is 1. The minimum atomic E-state index is -2.49. The Hall–Kier alpha value is -1.67. The van der Waals surface area contributed by atoms with Crippen LogP contribution in [0.15, 0.2) is 29.2 Å². The number of halogens is 2. The number of carboxylic acids is 1. The van der Waals surface area contributed by atoms with E-state index >= 15 is 0 Å². The summed E-state index contributed by atoms with van der Waals surface area (Å²) < 4.78 is 24.4. The van der Waals surface area contributed by atoms with E-state index < -0.39 is 11.7 Å². The summed E-state index contributed by atoms with van der Waals surface area (Å²) in [5, 5.41) is 11.4.